The van der Waals surface area contributed by atoms with Gasteiger partial charge in [-0.15, -0.1) is 0 Å². The molecule has 0 aromatic heterocycles. The van der Waals surface area contributed by atoms with E-state index in [9.17, 15) is 14.7 Å². The van der Waals surface area contributed by atoms with Crippen molar-refractivity contribution in [1.82, 2.24) is 0 Å². The van der Waals surface area contributed by atoms with Crippen molar-refractivity contribution in [3.63, 3.8) is 0 Å². The normalized spacial score (nSPS) is 17.7. The minimum atomic E-state index is -0.857. The number of carboxylic acids is 1. The number of carboxylic acid groups (broad SMARTS) is 1. The summed E-state index contributed by atoms with van der Waals surface area (Å²) in [5.74, 6) is -1.52. The summed E-state index contributed by atoms with van der Waals surface area (Å²) < 4.78 is 0. The summed E-state index contributed by atoms with van der Waals surface area (Å²) >= 11 is 0. The standard InChI is InChI=1S/C18H28O3/c1-3-5-6-12-15(9-4-2)17(19)13-16(18(20)21)14-10-7-8-11-14/h6,10,12,15-16H,3-5,7-9,11,13H2,1-2H3,(H,20,21). The molecule has 2 atom stereocenters. The van der Waals surface area contributed by atoms with Crippen molar-refractivity contribution in [1.29, 1.82) is 0 Å². The first-order chi connectivity index (χ1) is 10.1. The van der Waals surface area contributed by atoms with E-state index in [2.05, 4.69) is 19.9 Å². The largest absolute Gasteiger partial charge is 0.481 e. The monoisotopic (exact) mass is 292 g/mol. The zero-order valence-corrected chi connectivity index (χ0v) is 13.3. The number of hydrogen-bond acceptors (Lipinski definition) is 2. The minimum Gasteiger partial charge on any atom is -0.481 e. The number of ketones is 1. The van der Waals surface area contributed by atoms with E-state index in [-0.39, 0.29) is 18.1 Å². The Bertz CT molecular complexity index is 407. The Morgan fingerprint density at radius 2 is 2.10 bits per heavy atom. The molecule has 0 amide bonds. The summed E-state index contributed by atoms with van der Waals surface area (Å²) in [6.45, 7) is 4.16. The van der Waals surface area contributed by atoms with E-state index in [0.29, 0.717) is 0 Å². The smallest absolute Gasteiger partial charge is 0.311 e. The number of hydrogen-bond donors (Lipinski definition) is 1. The fourth-order valence-electron chi connectivity index (χ4n) is 2.84. The lowest BCUT2D eigenvalue weighted by Crippen LogP contribution is -2.23. The van der Waals surface area contributed by atoms with Crippen LogP contribution in [0.5, 0.6) is 0 Å². The highest BCUT2D eigenvalue weighted by Gasteiger charge is 2.28. The second-order valence-electron chi connectivity index (χ2n) is 5.84. The van der Waals surface area contributed by atoms with Crippen LogP contribution in [0.1, 0.15) is 65.2 Å². The summed E-state index contributed by atoms with van der Waals surface area (Å²) in [6.07, 6.45) is 12.8. The molecule has 2 unspecified atom stereocenters. The van der Waals surface area contributed by atoms with Crippen molar-refractivity contribution >= 4 is 11.8 Å². The zero-order valence-electron chi connectivity index (χ0n) is 13.3. The quantitative estimate of drug-likeness (QED) is 0.602. The van der Waals surface area contributed by atoms with Crippen molar-refractivity contribution in [2.75, 3.05) is 0 Å². The Morgan fingerprint density at radius 1 is 1.33 bits per heavy atom. The molecule has 1 aliphatic rings. The number of aliphatic carboxylic acids is 1. The average molecular weight is 292 g/mol. The Labute approximate surface area is 128 Å². The molecule has 0 fully saturated rings. The molecule has 0 saturated heterocycles. The van der Waals surface area contributed by atoms with Crippen LogP contribution >= 0.6 is 0 Å². The van der Waals surface area contributed by atoms with Crippen LogP contribution in [0.2, 0.25) is 0 Å². The Balaban J connectivity index is 2.70. The first kappa shape index (κ1) is 17.7. The van der Waals surface area contributed by atoms with Gasteiger partial charge in [-0.05, 0) is 32.1 Å². The van der Waals surface area contributed by atoms with Gasteiger partial charge in [0.05, 0.1) is 5.92 Å². The maximum absolute atomic E-state index is 12.5. The summed E-state index contributed by atoms with van der Waals surface area (Å²) in [6, 6.07) is 0. The van der Waals surface area contributed by atoms with Gasteiger partial charge in [-0.2, -0.15) is 0 Å². The Hall–Kier alpha value is -1.38. The first-order valence-corrected chi connectivity index (χ1v) is 8.21. The maximum Gasteiger partial charge on any atom is 0.311 e. The van der Waals surface area contributed by atoms with E-state index in [1.807, 2.05) is 12.2 Å². The molecule has 0 bridgehead atoms. The number of Topliss-reactive ketones (excluding diaryl/α,β-unsaturated/α-hetero) is 1. The van der Waals surface area contributed by atoms with Gasteiger partial charge in [-0.25, -0.2) is 0 Å². The summed E-state index contributed by atoms with van der Waals surface area (Å²) in [5, 5.41) is 9.40. The second kappa shape index (κ2) is 9.54. The molecule has 1 N–H and O–H groups in total. The number of unbranched alkanes of at least 4 members (excludes halogenated alkanes) is 1. The lowest BCUT2D eigenvalue weighted by molar-refractivity contribution is -0.142. The molecular formula is C18H28O3. The molecule has 0 saturated carbocycles. The van der Waals surface area contributed by atoms with Gasteiger partial charge >= 0.3 is 5.97 Å². The molecule has 1 rings (SSSR count). The third-order valence-corrected chi connectivity index (χ3v) is 4.06. The molecular weight excluding hydrogens is 264 g/mol. The van der Waals surface area contributed by atoms with E-state index >= 15 is 0 Å². The highest BCUT2D eigenvalue weighted by Crippen LogP contribution is 2.29. The zero-order chi connectivity index (χ0) is 15.7. The highest BCUT2D eigenvalue weighted by molar-refractivity contribution is 5.88. The number of carbonyl (C=O) groups is 2. The number of carbonyl (C=O) groups excluding carboxylic acids is 1. The minimum absolute atomic E-state index is 0.0735. The van der Waals surface area contributed by atoms with Crippen molar-refractivity contribution in [3.05, 3.63) is 23.8 Å². The molecule has 0 aromatic rings. The molecule has 0 radical (unpaired) electrons. The van der Waals surface area contributed by atoms with E-state index < -0.39 is 11.9 Å². The van der Waals surface area contributed by atoms with Crippen molar-refractivity contribution in [3.8, 4) is 0 Å². The molecule has 0 spiro atoms. The molecule has 1 aliphatic carbocycles. The van der Waals surface area contributed by atoms with Gasteiger partial charge in [0, 0.05) is 12.3 Å². The van der Waals surface area contributed by atoms with Crippen LogP contribution in [-0.2, 0) is 9.59 Å². The summed E-state index contributed by atoms with van der Waals surface area (Å²) in [7, 11) is 0. The predicted molar refractivity (Wildman–Crippen MR) is 85.1 cm³/mol. The third-order valence-electron chi connectivity index (χ3n) is 4.06. The molecule has 3 heteroatoms. The van der Waals surface area contributed by atoms with E-state index in [4.69, 9.17) is 0 Å². The van der Waals surface area contributed by atoms with Crippen molar-refractivity contribution in [2.24, 2.45) is 11.8 Å². The van der Waals surface area contributed by atoms with Gasteiger partial charge in [-0.1, -0.05) is 50.5 Å². The lowest BCUT2D eigenvalue weighted by atomic mass is 9.87. The van der Waals surface area contributed by atoms with Gasteiger partial charge in [-0.3, -0.25) is 9.59 Å². The number of rotatable bonds is 10. The van der Waals surface area contributed by atoms with E-state index in [1.165, 1.54) is 0 Å². The third kappa shape index (κ3) is 5.86. The molecule has 0 aromatic carbocycles. The van der Waals surface area contributed by atoms with Crippen molar-refractivity contribution < 1.29 is 14.7 Å². The van der Waals surface area contributed by atoms with Crippen LogP contribution in [0.25, 0.3) is 0 Å². The fourth-order valence-corrected chi connectivity index (χ4v) is 2.84. The second-order valence-corrected chi connectivity index (χ2v) is 5.84. The van der Waals surface area contributed by atoms with Crippen LogP contribution in [0.3, 0.4) is 0 Å². The van der Waals surface area contributed by atoms with Crippen LogP contribution in [0.4, 0.5) is 0 Å². The average Bonchev–Trinajstić information content (AvgIpc) is 2.97. The highest BCUT2D eigenvalue weighted by atomic mass is 16.4. The van der Waals surface area contributed by atoms with Crippen molar-refractivity contribution in [2.45, 2.75) is 65.2 Å². The molecule has 0 heterocycles. The maximum atomic E-state index is 12.5. The molecule has 118 valence electrons. The Morgan fingerprint density at radius 3 is 2.62 bits per heavy atom. The fraction of sp³-hybridized carbons (Fsp3) is 0.667. The molecule has 0 aliphatic heterocycles. The summed E-state index contributed by atoms with van der Waals surface area (Å²) in [4.78, 5) is 23.9. The van der Waals surface area contributed by atoms with Gasteiger partial charge in [0.25, 0.3) is 0 Å². The van der Waals surface area contributed by atoms with Gasteiger partial charge in [0.1, 0.15) is 5.78 Å². The molecule has 3 nitrogen and oxygen atoms in total. The Kier molecular flexibility index (Phi) is 8.03. The van der Waals surface area contributed by atoms with Gasteiger partial charge in [0.2, 0.25) is 0 Å². The van der Waals surface area contributed by atoms with Crippen LogP contribution in [-0.4, -0.2) is 16.9 Å². The SMILES string of the molecule is CCCC=CC(CCC)C(=O)CC(C(=O)O)C1=CCCC1. The van der Waals surface area contributed by atoms with E-state index in [1.54, 1.807) is 0 Å². The van der Waals surface area contributed by atoms with Gasteiger partial charge in [0.15, 0.2) is 0 Å². The number of allylic oxidation sites excluding steroid dienone is 3. The van der Waals surface area contributed by atoms with E-state index in [0.717, 1.165) is 50.5 Å². The van der Waals surface area contributed by atoms with Crippen LogP contribution in [0, 0.1) is 11.8 Å². The predicted octanol–water partition coefficient (Wildman–Crippen LogP) is 4.53. The van der Waals surface area contributed by atoms with Gasteiger partial charge < -0.3 is 5.11 Å². The topological polar surface area (TPSA) is 54.4 Å². The summed E-state index contributed by atoms with van der Waals surface area (Å²) in [5.41, 5.74) is 0.948. The van der Waals surface area contributed by atoms with Crippen LogP contribution < -0.4 is 0 Å². The molecule has 21 heavy (non-hydrogen) atoms. The lowest BCUT2D eigenvalue weighted by Gasteiger charge is -2.16. The van der Waals surface area contributed by atoms with Crippen LogP contribution in [0.15, 0.2) is 23.8 Å². The first-order valence-electron chi connectivity index (χ1n) is 8.21.